The first-order valence-corrected chi connectivity index (χ1v) is 9.59. The molecule has 1 aromatic carbocycles. The van der Waals surface area contributed by atoms with Crippen molar-refractivity contribution >= 4 is 5.97 Å². The van der Waals surface area contributed by atoms with Crippen LogP contribution in [0.1, 0.15) is 52.2 Å². The molecule has 1 aromatic rings. The Labute approximate surface area is 168 Å². The Morgan fingerprint density at radius 1 is 1.14 bits per heavy atom. The zero-order valence-electron chi connectivity index (χ0n) is 17.5. The van der Waals surface area contributed by atoms with Crippen molar-refractivity contribution in [2.24, 2.45) is 17.3 Å². The zero-order chi connectivity index (χ0) is 22.3. The summed E-state index contributed by atoms with van der Waals surface area (Å²) in [5.74, 6) is -8.26. The second kappa shape index (κ2) is 8.22. The lowest BCUT2D eigenvalue weighted by Gasteiger charge is -2.31. The number of hydrogen-bond donors (Lipinski definition) is 1. The Morgan fingerprint density at radius 3 is 2.14 bits per heavy atom. The molecule has 0 heterocycles. The quantitative estimate of drug-likeness (QED) is 0.384. The van der Waals surface area contributed by atoms with Crippen LogP contribution in [0.3, 0.4) is 0 Å². The molecule has 0 amide bonds. The SMILES string of the molecule is CCCOC(C)(C)C(O)C1C(C(=O)OCc2c(F)c(F)c(C)c(F)c2F)C1(C)C. The van der Waals surface area contributed by atoms with Crippen molar-refractivity contribution in [3.63, 3.8) is 0 Å². The van der Waals surface area contributed by atoms with E-state index in [1.165, 1.54) is 0 Å². The van der Waals surface area contributed by atoms with E-state index < -0.39 is 75.9 Å². The van der Waals surface area contributed by atoms with Crippen molar-refractivity contribution in [3.05, 3.63) is 34.4 Å². The van der Waals surface area contributed by atoms with Crippen LogP contribution >= 0.6 is 0 Å². The highest BCUT2D eigenvalue weighted by atomic mass is 19.2. The molecule has 0 aliphatic heterocycles. The average Bonchev–Trinajstić information content (AvgIpc) is 3.24. The lowest BCUT2D eigenvalue weighted by atomic mass is 9.93. The van der Waals surface area contributed by atoms with Crippen LogP contribution in [0.5, 0.6) is 0 Å². The third-order valence-corrected chi connectivity index (χ3v) is 5.83. The van der Waals surface area contributed by atoms with E-state index in [1.54, 1.807) is 27.7 Å². The summed E-state index contributed by atoms with van der Waals surface area (Å²) in [5, 5.41) is 10.7. The van der Waals surface area contributed by atoms with Crippen molar-refractivity contribution in [3.8, 4) is 0 Å². The number of rotatable bonds is 8. The van der Waals surface area contributed by atoms with Gasteiger partial charge in [-0.05, 0) is 32.6 Å². The van der Waals surface area contributed by atoms with Crippen molar-refractivity contribution in [2.45, 2.75) is 66.3 Å². The fraction of sp³-hybridized carbons (Fsp3) is 0.667. The van der Waals surface area contributed by atoms with Gasteiger partial charge in [0, 0.05) is 18.1 Å². The largest absolute Gasteiger partial charge is 0.460 e. The first kappa shape index (κ1) is 23.6. The molecule has 3 atom stereocenters. The highest BCUT2D eigenvalue weighted by Gasteiger charge is 2.67. The van der Waals surface area contributed by atoms with Gasteiger partial charge in [-0.2, -0.15) is 0 Å². The topological polar surface area (TPSA) is 55.8 Å². The van der Waals surface area contributed by atoms with Crippen molar-refractivity contribution in [1.82, 2.24) is 0 Å². The summed E-state index contributed by atoms with van der Waals surface area (Å²) >= 11 is 0. The van der Waals surface area contributed by atoms with Crippen molar-refractivity contribution < 1.29 is 36.9 Å². The van der Waals surface area contributed by atoms with E-state index in [1.807, 2.05) is 6.92 Å². The van der Waals surface area contributed by atoms with Crippen LogP contribution in [-0.2, 0) is 20.9 Å². The van der Waals surface area contributed by atoms with E-state index in [9.17, 15) is 27.5 Å². The van der Waals surface area contributed by atoms with Gasteiger partial charge in [-0.1, -0.05) is 20.8 Å². The molecular weight excluding hydrogens is 392 g/mol. The molecule has 1 saturated carbocycles. The summed E-state index contributed by atoms with van der Waals surface area (Å²) in [5.41, 5.74) is -3.31. The standard InChI is InChI=1S/C21H28F4O4/c1-7-8-29-21(5,6)18(26)12-13(20(12,3)4)19(27)28-9-11-16(24)14(22)10(2)15(23)17(11)25/h12-13,18,26H,7-9H2,1-6H3. The highest BCUT2D eigenvalue weighted by molar-refractivity contribution is 5.78. The number of esters is 1. The maximum Gasteiger partial charge on any atom is 0.310 e. The van der Waals surface area contributed by atoms with Crippen LogP contribution in [0.15, 0.2) is 0 Å². The van der Waals surface area contributed by atoms with Gasteiger partial charge in [0.15, 0.2) is 23.3 Å². The lowest BCUT2D eigenvalue weighted by Crippen LogP contribution is -2.42. The van der Waals surface area contributed by atoms with E-state index >= 15 is 0 Å². The Kier molecular flexibility index (Phi) is 6.69. The number of aliphatic hydroxyl groups excluding tert-OH is 1. The Bertz CT molecular complexity index is 762. The van der Waals surface area contributed by atoms with Gasteiger partial charge in [0.2, 0.25) is 0 Å². The third kappa shape index (κ3) is 4.28. The van der Waals surface area contributed by atoms with Crippen LogP contribution in [0.4, 0.5) is 17.6 Å². The monoisotopic (exact) mass is 420 g/mol. The summed E-state index contributed by atoms with van der Waals surface area (Å²) in [7, 11) is 0. The van der Waals surface area contributed by atoms with Crippen LogP contribution < -0.4 is 0 Å². The Balaban J connectivity index is 2.13. The van der Waals surface area contributed by atoms with Gasteiger partial charge in [-0.25, -0.2) is 17.6 Å². The van der Waals surface area contributed by atoms with Crippen LogP contribution in [-0.4, -0.2) is 29.4 Å². The maximum absolute atomic E-state index is 14.0. The van der Waals surface area contributed by atoms with Gasteiger partial charge < -0.3 is 14.6 Å². The minimum atomic E-state index is -1.59. The zero-order valence-corrected chi connectivity index (χ0v) is 17.5. The number of hydrogen-bond acceptors (Lipinski definition) is 4. The molecule has 0 aromatic heterocycles. The van der Waals surface area contributed by atoms with E-state index in [-0.39, 0.29) is 0 Å². The van der Waals surface area contributed by atoms with Crippen LogP contribution in [0, 0.1) is 47.4 Å². The number of benzene rings is 1. The molecule has 1 N–H and O–H groups in total. The van der Waals surface area contributed by atoms with Crippen LogP contribution in [0.2, 0.25) is 0 Å². The predicted octanol–water partition coefficient (Wildman–Crippen LogP) is 4.43. The van der Waals surface area contributed by atoms with Crippen molar-refractivity contribution in [1.29, 1.82) is 0 Å². The van der Waals surface area contributed by atoms with Gasteiger partial charge in [-0.15, -0.1) is 0 Å². The minimum absolute atomic E-state index is 0.440. The average molecular weight is 420 g/mol. The molecule has 1 aliphatic carbocycles. The van der Waals surface area contributed by atoms with Crippen LogP contribution in [0.25, 0.3) is 0 Å². The molecule has 0 radical (unpaired) electrons. The molecule has 4 nitrogen and oxygen atoms in total. The van der Waals surface area contributed by atoms with Gasteiger partial charge in [0.05, 0.1) is 23.2 Å². The molecule has 0 spiro atoms. The first-order valence-electron chi connectivity index (χ1n) is 9.59. The summed E-state index contributed by atoms with van der Waals surface area (Å²) < 4.78 is 66.0. The molecule has 0 bridgehead atoms. The summed E-state index contributed by atoms with van der Waals surface area (Å²) in [6, 6.07) is 0. The van der Waals surface area contributed by atoms with E-state index in [0.29, 0.717) is 6.61 Å². The second-order valence-electron chi connectivity index (χ2n) is 8.69. The number of carbonyl (C=O) groups excluding carboxylic acids is 1. The highest BCUT2D eigenvalue weighted by Crippen LogP contribution is 2.62. The van der Waals surface area contributed by atoms with E-state index in [2.05, 4.69) is 0 Å². The molecular formula is C21H28F4O4. The first-order chi connectivity index (χ1) is 13.3. The smallest absolute Gasteiger partial charge is 0.310 e. The van der Waals surface area contributed by atoms with Gasteiger partial charge in [0.25, 0.3) is 0 Å². The minimum Gasteiger partial charge on any atom is -0.460 e. The molecule has 2 rings (SSSR count). The summed E-state index contributed by atoms with van der Waals surface area (Å²) in [4.78, 5) is 12.5. The maximum atomic E-state index is 14.0. The van der Waals surface area contributed by atoms with Gasteiger partial charge in [-0.3, -0.25) is 4.79 Å². The van der Waals surface area contributed by atoms with E-state index in [0.717, 1.165) is 13.3 Å². The number of carbonyl (C=O) groups is 1. The lowest BCUT2D eigenvalue weighted by molar-refractivity contribution is -0.149. The van der Waals surface area contributed by atoms with Gasteiger partial charge >= 0.3 is 5.97 Å². The summed E-state index contributed by atoms with van der Waals surface area (Å²) in [6.45, 7) is 9.28. The molecule has 1 fully saturated rings. The predicted molar refractivity (Wildman–Crippen MR) is 97.9 cm³/mol. The number of ether oxygens (including phenoxy) is 2. The molecule has 29 heavy (non-hydrogen) atoms. The van der Waals surface area contributed by atoms with Gasteiger partial charge in [0.1, 0.15) is 6.61 Å². The summed E-state index contributed by atoms with van der Waals surface area (Å²) in [6.07, 6.45) is -0.222. The van der Waals surface area contributed by atoms with Crippen molar-refractivity contribution in [2.75, 3.05) is 6.61 Å². The molecule has 164 valence electrons. The third-order valence-electron chi connectivity index (χ3n) is 5.83. The fourth-order valence-electron chi connectivity index (χ4n) is 3.75. The number of halogens is 4. The fourth-order valence-corrected chi connectivity index (χ4v) is 3.75. The Hall–Kier alpha value is -1.67. The normalized spacial score (nSPS) is 21.8. The number of aliphatic hydroxyl groups is 1. The molecule has 3 unspecified atom stereocenters. The van der Waals surface area contributed by atoms with E-state index in [4.69, 9.17) is 9.47 Å². The Morgan fingerprint density at radius 2 is 1.66 bits per heavy atom. The second-order valence-corrected chi connectivity index (χ2v) is 8.69. The molecule has 1 aliphatic rings. The molecule has 0 saturated heterocycles. The molecule has 8 heteroatoms.